The van der Waals surface area contributed by atoms with E-state index < -0.39 is 0 Å². The highest BCUT2D eigenvalue weighted by Gasteiger charge is 2.18. The Morgan fingerprint density at radius 2 is 1.02 bits per heavy atom. The summed E-state index contributed by atoms with van der Waals surface area (Å²) in [7, 11) is 0. The van der Waals surface area contributed by atoms with E-state index in [2.05, 4.69) is 157 Å². The van der Waals surface area contributed by atoms with Crippen LogP contribution in [-0.2, 0) is 0 Å². The average Bonchev–Trinajstić information content (AvgIpc) is 3.59. The van der Waals surface area contributed by atoms with Gasteiger partial charge in [-0.25, -0.2) is 4.98 Å². The van der Waals surface area contributed by atoms with Gasteiger partial charge in [-0.1, -0.05) is 121 Å². The molecule has 0 N–H and O–H groups in total. The molecular weight excluding hydrogens is 572 g/mol. The SMILES string of the molecule is c1cncc(-c2cccc(-c3ccc(-c4nc5c(-c6cccc7ccccc67)cc(-c6cccc7ccccc67)cc5o4)cc3)c2)c1. The van der Waals surface area contributed by atoms with Gasteiger partial charge >= 0.3 is 0 Å². The molecule has 0 radical (unpaired) electrons. The second-order valence-electron chi connectivity index (χ2n) is 11.8. The zero-order valence-electron chi connectivity index (χ0n) is 25.5. The lowest BCUT2D eigenvalue weighted by Gasteiger charge is -2.11. The van der Waals surface area contributed by atoms with E-state index in [-0.39, 0.29) is 0 Å². The molecule has 220 valence electrons. The average molecular weight is 601 g/mol. The van der Waals surface area contributed by atoms with Crippen molar-refractivity contribution in [1.82, 2.24) is 9.97 Å². The minimum absolute atomic E-state index is 0.604. The summed E-state index contributed by atoms with van der Waals surface area (Å²) in [6.07, 6.45) is 3.70. The fraction of sp³-hybridized carbons (Fsp3) is 0. The summed E-state index contributed by atoms with van der Waals surface area (Å²) in [6.45, 7) is 0. The zero-order chi connectivity index (χ0) is 31.2. The molecule has 47 heavy (non-hydrogen) atoms. The van der Waals surface area contributed by atoms with Crippen molar-refractivity contribution in [2.45, 2.75) is 0 Å². The Morgan fingerprint density at radius 3 is 1.77 bits per heavy atom. The number of rotatable bonds is 5. The first kappa shape index (κ1) is 27.0. The predicted molar refractivity (Wildman–Crippen MR) is 194 cm³/mol. The molecule has 3 nitrogen and oxygen atoms in total. The third-order valence-electron chi connectivity index (χ3n) is 9.00. The minimum Gasteiger partial charge on any atom is -0.436 e. The van der Waals surface area contributed by atoms with E-state index in [1.54, 1.807) is 6.20 Å². The Balaban J connectivity index is 1.18. The smallest absolute Gasteiger partial charge is 0.227 e. The number of pyridine rings is 1. The summed E-state index contributed by atoms with van der Waals surface area (Å²) >= 11 is 0. The van der Waals surface area contributed by atoms with Gasteiger partial charge in [0.2, 0.25) is 5.89 Å². The van der Waals surface area contributed by atoms with E-state index >= 15 is 0 Å². The normalized spacial score (nSPS) is 11.4. The van der Waals surface area contributed by atoms with Crippen LogP contribution in [0.5, 0.6) is 0 Å². The molecule has 9 aromatic rings. The molecular formula is C44H28N2O. The summed E-state index contributed by atoms with van der Waals surface area (Å²) in [6, 6.07) is 55.5. The molecule has 9 rings (SSSR count). The van der Waals surface area contributed by atoms with E-state index in [0.29, 0.717) is 5.89 Å². The maximum absolute atomic E-state index is 6.61. The summed E-state index contributed by atoms with van der Waals surface area (Å²) in [5, 5.41) is 4.80. The molecule has 0 unspecified atom stereocenters. The lowest BCUT2D eigenvalue weighted by molar-refractivity contribution is 0.620. The summed E-state index contributed by atoms with van der Waals surface area (Å²) in [5.41, 5.74) is 11.5. The monoisotopic (exact) mass is 600 g/mol. The Hall–Kier alpha value is -6.32. The Kier molecular flexibility index (Phi) is 6.46. The lowest BCUT2D eigenvalue weighted by Crippen LogP contribution is -1.87. The molecule has 0 aliphatic heterocycles. The van der Waals surface area contributed by atoms with Gasteiger partial charge in [0.25, 0.3) is 0 Å². The van der Waals surface area contributed by atoms with Crippen molar-refractivity contribution in [1.29, 1.82) is 0 Å². The van der Waals surface area contributed by atoms with Crippen LogP contribution in [0.4, 0.5) is 0 Å². The molecule has 0 saturated carbocycles. The lowest BCUT2D eigenvalue weighted by atomic mass is 9.92. The molecule has 0 saturated heterocycles. The molecule has 3 heteroatoms. The van der Waals surface area contributed by atoms with Crippen molar-refractivity contribution in [2.24, 2.45) is 0 Å². The number of aromatic nitrogens is 2. The number of nitrogens with zero attached hydrogens (tertiary/aromatic N) is 2. The van der Waals surface area contributed by atoms with Crippen LogP contribution in [0.15, 0.2) is 175 Å². The van der Waals surface area contributed by atoms with E-state index in [0.717, 1.165) is 55.6 Å². The molecule has 0 fully saturated rings. The number of oxazole rings is 1. The largest absolute Gasteiger partial charge is 0.436 e. The standard InChI is InChI=1S/C44H28N2O/c1-3-16-37-30(9-1)11-6-18-39(37)36-26-41(40-19-7-12-31-10-2-4-17-38(31)40)43-42(27-36)47-44(46-43)32-22-20-29(21-23-32)33-13-5-14-34(25-33)35-15-8-24-45-28-35/h1-28H. The van der Waals surface area contributed by atoms with E-state index in [1.807, 2.05) is 12.3 Å². The van der Waals surface area contributed by atoms with E-state index in [1.165, 1.54) is 27.1 Å². The van der Waals surface area contributed by atoms with Crippen LogP contribution in [0.1, 0.15) is 0 Å². The third kappa shape index (κ3) is 4.86. The van der Waals surface area contributed by atoms with Crippen molar-refractivity contribution in [2.75, 3.05) is 0 Å². The molecule has 0 spiro atoms. The minimum atomic E-state index is 0.604. The maximum atomic E-state index is 6.61. The first-order chi connectivity index (χ1) is 23.3. The highest BCUT2D eigenvalue weighted by Crippen LogP contribution is 2.40. The first-order valence-corrected chi connectivity index (χ1v) is 15.8. The van der Waals surface area contributed by atoms with Gasteiger partial charge < -0.3 is 4.42 Å². The topological polar surface area (TPSA) is 38.9 Å². The van der Waals surface area contributed by atoms with Gasteiger partial charge in [-0.2, -0.15) is 0 Å². The second-order valence-corrected chi connectivity index (χ2v) is 11.8. The molecule has 0 atom stereocenters. The first-order valence-electron chi connectivity index (χ1n) is 15.8. The predicted octanol–water partition coefficient (Wildman–Crippen LogP) is 11.9. The van der Waals surface area contributed by atoms with Crippen LogP contribution >= 0.6 is 0 Å². The quantitative estimate of drug-likeness (QED) is 0.197. The molecule has 7 aromatic carbocycles. The Morgan fingerprint density at radius 1 is 0.404 bits per heavy atom. The van der Waals surface area contributed by atoms with Gasteiger partial charge in [-0.15, -0.1) is 0 Å². The Bertz CT molecular complexity index is 2550. The number of hydrogen-bond acceptors (Lipinski definition) is 3. The van der Waals surface area contributed by atoms with Crippen LogP contribution in [0.25, 0.3) is 88.6 Å². The third-order valence-corrected chi connectivity index (χ3v) is 9.00. The van der Waals surface area contributed by atoms with Gasteiger partial charge in [0.1, 0.15) is 5.52 Å². The van der Waals surface area contributed by atoms with Gasteiger partial charge in [0.05, 0.1) is 0 Å². The van der Waals surface area contributed by atoms with Crippen LogP contribution in [0.2, 0.25) is 0 Å². The molecule has 0 bridgehead atoms. The molecule has 0 aliphatic carbocycles. The Labute approximate surface area is 272 Å². The summed E-state index contributed by atoms with van der Waals surface area (Å²) in [5.74, 6) is 0.604. The summed E-state index contributed by atoms with van der Waals surface area (Å²) in [4.78, 5) is 9.43. The van der Waals surface area contributed by atoms with Crippen LogP contribution in [0.3, 0.4) is 0 Å². The highest BCUT2D eigenvalue weighted by atomic mass is 16.3. The number of fused-ring (bicyclic) bond motifs is 3. The van der Waals surface area contributed by atoms with Crippen molar-refractivity contribution in [3.05, 3.63) is 170 Å². The van der Waals surface area contributed by atoms with Crippen LogP contribution < -0.4 is 0 Å². The highest BCUT2D eigenvalue weighted by molar-refractivity contribution is 6.07. The maximum Gasteiger partial charge on any atom is 0.227 e. The summed E-state index contributed by atoms with van der Waals surface area (Å²) < 4.78 is 6.61. The van der Waals surface area contributed by atoms with E-state index in [9.17, 15) is 0 Å². The van der Waals surface area contributed by atoms with Crippen molar-refractivity contribution in [3.63, 3.8) is 0 Å². The van der Waals surface area contributed by atoms with Crippen molar-refractivity contribution >= 4 is 32.6 Å². The van der Waals surface area contributed by atoms with E-state index in [4.69, 9.17) is 9.40 Å². The van der Waals surface area contributed by atoms with Crippen LogP contribution in [-0.4, -0.2) is 9.97 Å². The van der Waals surface area contributed by atoms with Gasteiger partial charge in [-0.05, 0) is 91.3 Å². The fourth-order valence-electron chi connectivity index (χ4n) is 6.67. The van der Waals surface area contributed by atoms with Gasteiger partial charge in [0.15, 0.2) is 5.58 Å². The molecule has 2 heterocycles. The van der Waals surface area contributed by atoms with Crippen molar-refractivity contribution in [3.8, 4) is 56.0 Å². The molecule has 2 aromatic heterocycles. The second kappa shape index (κ2) is 11.2. The molecule has 0 aliphatic rings. The van der Waals surface area contributed by atoms with Crippen molar-refractivity contribution < 1.29 is 4.42 Å². The van der Waals surface area contributed by atoms with Gasteiger partial charge in [-0.3, -0.25) is 4.98 Å². The van der Waals surface area contributed by atoms with Crippen LogP contribution in [0, 0.1) is 0 Å². The number of benzene rings is 7. The molecule has 0 amide bonds. The van der Waals surface area contributed by atoms with Gasteiger partial charge in [0, 0.05) is 29.1 Å². The fourth-order valence-corrected chi connectivity index (χ4v) is 6.67. The number of hydrogen-bond donors (Lipinski definition) is 0. The zero-order valence-corrected chi connectivity index (χ0v) is 25.5.